The number of aromatic nitrogens is 1. The summed E-state index contributed by atoms with van der Waals surface area (Å²) in [5, 5.41) is 21.1. The van der Waals surface area contributed by atoms with Gasteiger partial charge in [-0.15, -0.1) is 11.8 Å². The Morgan fingerprint density at radius 3 is 2.67 bits per heavy atom. The lowest BCUT2D eigenvalue weighted by atomic mass is 9.92. The highest BCUT2D eigenvalue weighted by atomic mass is 32.2. The number of carboxylic acids is 1. The molecular formula is C21H20N2O4S3. The number of nitrogens with zero attached hydrogens (tertiary/aromatic N) is 2. The van der Waals surface area contributed by atoms with Gasteiger partial charge in [0.25, 0.3) is 0 Å². The molecule has 2 aromatic rings. The van der Waals surface area contributed by atoms with Gasteiger partial charge in [-0.25, -0.2) is 0 Å². The molecule has 9 heteroatoms. The molecule has 0 bridgehead atoms. The van der Waals surface area contributed by atoms with Crippen molar-refractivity contribution in [2.24, 2.45) is 5.92 Å². The van der Waals surface area contributed by atoms with Crippen LogP contribution in [0, 0.1) is 5.92 Å². The van der Waals surface area contributed by atoms with E-state index in [9.17, 15) is 19.8 Å². The van der Waals surface area contributed by atoms with Crippen molar-refractivity contribution in [2.45, 2.75) is 34.7 Å². The Morgan fingerprint density at radius 2 is 2.03 bits per heavy atom. The highest BCUT2D eigenvalue weighted by Gasteiger charge is 2.56. The Labute approximate surface area is 187 Å². The van der Waals surface area contributed by atoms with Crippen LogP contribution < -0.4 is 9.67 Å². The fourth-order valence-electron chi connectivity index (χ4n) is 3.51. The number of aliphatic hydroxyl groups is 1. The maximum Gasteiger partial charge on any atom is 0.236 e. The summed E-state index contributed by atoms with van der Waals surface area (Å²) in [4.78, 5) is 27.3. The number of pyridine rings is 1. The van der Waals surface area contributed by atoms with Crippen molar-refractivity contribution in [2.75, 3.05) is 6.26 Å². The first-order valence-corrected chi connectivity index (χ1v) is 12.2. The zero-order chi connectivity index (χ0) is 21.4. The van der Waals surface area contributed by atoms with Crippen molar-refractivity contribution in [1.29, 1.82) is 0 Å². The molecule has 1 saturated heterocycles. The summed E-state index contributed by atoms with van der Waals surface area (Å²) in [6, 6.07) is 12.0. The van der Waals surface area contributed by atoms with Crippen molar-refractivity contribution in [3.05, 3.63) is 64.3 Å². The second-order valence-electron chi connectivity index (χ2n) is 7.07. The number of β-lactam (4-membered cyclic amide) rings is 1. The van der Waals surface area contributed by atoms with Crippen LogP contribution in [0.4, 0.5) is 0 Å². The molecule has 1 aromatic heterocycles. The maximum absolute atomic E-state index is 12.3. The van der Waals surface area contributed by atoms with Crippen LogP contribution >= 0.6 is 35.3 Å². The molecule has 2 aliphatic heterocycles. The van der Waals surface area contributed by atoms with E-state index < -0.39 is 18.0 Å². The van der Waals surface area contributed by atoms with Crippen LogP contribution in [0.3, 0.4) is 0 Å². The van der Waals surface area contributed by atoms with Gasteiger partial charge < -0.3 is 15.0 Å². The highest BCUT2D eigenvalue weighted by Crippen LogP contribution is 2.54. The number of carbonyl (C=O) groups is 2. The minimum atomic E-state index is -1.37. The summed E-state index contributed by atoms with van der Waals surface area (Å²) in [6.45, 7) is 2.29. The largest absolute Gasteiger partial charge is 0.543 e. The molecule has 156 valence electrons. The maximum atomic E-state index is 12.3. The van der Waals surface area contributed by atoms with Crippen LogP contribution in [-0.2, 0) is 16.1 Å². The number of amides is 1. The Kier molecular flexibility index (Phi) is 6.15. The number of hydrogen-bond acceptors (Lipinski definition) is 7. The van der Waals surface area contributed by atoms with E-state index in [4.69, 9.17) is 0 Å². The van der Waals surface area contributed by atoms with Crippen LogP contribution in [0.1, 0.15) is 12.5 Å². The summed E-state index contributed by atoms with van der Waals surface area (Å²) in [6.07, 6.45) is 5.34. The van der Waals surface area contributed by atoms with E-state index in [1.807, 2.05) is 42.8 Å². The second kappa shape index (κ2) is 8.66. The Bertz CT molecular complexity index is 1020. The number of aliphatic carboxylic acids is 1. The van der Waals surface area contributed by atoms with Gasteiger partial charge in [-0.2, -0.15) is 4.57 Å². The molecular weight excluding hydrogens is 440 g/mol. The Hall–Kier alpha value is -1.94. The van der Waals surface area contributed by atoms with Gasteiger partial charge >= 0.3 is 0 Å². The monoisotopic (exact) mass is 460 g/mol. The van der Waals surface area contributed by atoms with Crippen LogP contribution in [0.15, 0.2) is 68.5 Å². The van der Waals surface area contributed by atoms with Gasteiger partial charge in [0.05, 0.1) is 32.8 Å². The van der Waals surface area contributed by atoms with Gasteiger partial charge in [-0.3, -0.25) is 9.69 Å². The molecule has 3 heterocycles. The molecule has 1 aromatic carbocycles. The Balaban J connectivity index is 1.49. The van der Waals surface area contributed by atoms with Crippen LogP contribution in [0.5, 0.6) is 0 Å². The van der Waals surface area contributed by atoms with E-state index in [0.717, 1.165) is 17.0 Å². The van der Waals surface area contributed by atoms with Gasteiger partial charge in [0.15, 0.2) is 18.9 Å². The first-order chi connectivity index (χ1) is 14.4. The van der Waals surface area contributed by atoms with Gasteiger partial charge in [0, 0.05) is 16.5 Å². The lowest BCUT2D eigenvalue weighted by molar-refractivity contribution is -0.690. The third-order valence-electron chi connectivity index (χ3n) is 5.03. The predicted molar refractivity (Wildman–Crippen MR) is 115 cm³/mol. The van der Waals surface area contributed by atoms with Crippen LogP contribution in [-0.4, -0.2) is 39.6 Å². The van der Waals surface area contributed by atoms with E-state index >= 15 is 0 Å². The quantitative estimate of drug-likeness (QED) is 0.382. The van der Waals surface area contributed by atoms with Crippen molar-refractivity contribution in [1.82, 2.24) is 4.90 Å². The minimum absolute atomic E-state index is 0.0922. The molecule has 0 spiro atoms. The number of fused-ring (bicyclic) bond motifs is 1. The average Bonchev–Trinajstić information content (AvgIpc) is 3.03. The van der Waals surface area contributed by atoms with Gasteiger partial charge in [-0.05, 0) is 31.4 Å². The predicted octanol–water partition coefficient (Wildman–Crippen LogP) is 1.67. The third kappa shape index (κ3) is 3.99. The molecule has 0 unspecified atom stereocenters. The normalized spacial score (nSPS) is 21.4. The molecule has 1 N–H and O–H groups in total. The first-order valence-electron chi connectivity index (χ1n) is 9.32. The van der Waals surface area contributed by atoms with Gasteiger partial charge in [-0.1, -0.05) is 35.7 Å². The van der Waals surface area contributed by atoms with Gasteiger partial charge in [0.2, 0.25) is 5.91 Å². The van der Waals surface area contributed by atoms with Gasteiger partial charge in [0.1, 0.15) is 5.37 Å². The SMILES string of the molecule is CSc1ccc[n+](Cc2ccc(SC3=C(C(=O)[O-])N4C(=O)[C@H]([C@@H](C)O)[C@H]4S3)cc2)c1. The lowest BCUT2D eigenvalue weighted by Crippen LogP contribution is -2.61. The zero-order valence-electron chi connectivity index (χ0n) is 16.3. The molecule has 1 fully saturated rings. The van der Waals surface area contributed by atoms with Crippen molar-refractivity contribution in [3.8, 4) is 0 Å². The minimum Gasteiger partial charge on any atom is -0.543 e. The number of benzene rings is 1. The first kappa shape index (κ1) is 21.3. The lowest BCUT2D eigenvalue weighted by Gasteiger charge is -2.44. The van der Waals surface area contributed by atoms with E-state index in [1.165, 1.54) is 33.3 Å². The molecule has 0 radical (unpaired) electrons. The van der Waals surface area contributed by atoms with Crippen molar-refractivity contribution in [3.63, 3.8) is 0 Å². The summed E-state index contributed by atoms with van der Waals surface area (Å²) in [5.74, 6) is -2.32. The topological polar surface area (TPSA) is 84.5 Å². The summed E-state index contributed by atoms with van der Waals surface area (Å²) in [5.41, 5.74) is 1.04. The fraction of sp³-hybridized carbons (Fsp3) is 0.286. The van der Waals surface area contributed by atoms with Crippen LogP contribution in [0.25, 0.3) is 0 Å². The molecule has 2 aliphatic rings. The second-order valence-corrected chi connectivity index (χ2v) is 10.4. The van der Waals surface area contributed by atoms with E-state index in [2.05, 4.69) is 16.8 Å². The molecule has 0 saturated carbocycles. The number of aliphatic hydroxyl groups excluding tert-OH is 1. The molecule has 4 rings (SSSR count). The fourth-order valence-corrected chi connectivity index (χ4v) is 6.82. The van der Waals surface area contributed by atoms with Crippen LogP contribution in [0.2, 0.25) is 0 Å². The summed E-state index contributed by atoms with van der Waals surface area (Å²) >= 11 is 4.31. The van der Waals surface area contributed by atoms with Crippen molar-refractivity contribution >= 4 is 47.2 Å². The molecule has 1 amide bonds. The van der Waals surface area contributed by atoms with E-state index in [1.54, 1.807) is 18.7 Å². The standard InChI is InChI=1S/C21H20N2O4S3/c1-12(24)16-18(25)23-17(20(26)27)21(30-19(16)23)29-14-7-5-13(6-8-14)10-22-9-3-4-15(11-22)28-2/h3-9,11-12,16,19,24H,10H2,1-2H3/t12-,16+,19-/m1/s1. The summed E-state index contributed by atoms with van der Waals surface area (Å²) in [7, 11) is 0. The number of carboxylic acid groups (broad SMARTS) is 1. The molecule has 30 heavy (non-hydrogen) atoms. The molecule has 0 aliphatic carbocycles. The number of carbonyl (C=O) groups excluding carboxylic acids is 2. The number of hydrogen-bond donors (Lipinski definition) is 1. The molecule has 6 nitrogen and oxygen atoms in total. The zero-order valence-corrected chi connectivity index (χ0v) is 18.8. The number of thioether (sulfide) groups is 3. The smallest absolute Gasteiger partial charge is 0.236 e. The highest BCUT2D eigenvalue weighted by molar-refractivity contribution is 8.22. The summed E-state index contributed by atoms with van der Waals surface area (Å²) < 4.78 is 2.64. The van der Waals surface area contributed by atoms with Crippen molar-refractivity contribution < 1.29 is 24.4 Å². The van der Waals surface area contributed by atoms with E-state index in [0.29, 0.717) is 4.24 Å². The Morgan fingerprint density at radius 1 is 1.30 bits per heavy atom. The number of rotatable bonds is 7. The average molecular weight is 461 g/mol. The molecule has 3 atom stereocenters. The third-order valence-corrected chi connectivity index (χ3v) is 8.32. The van der Waals surface area contributed by atoms with E-state index in [-0.39, 0.29) is 17.0 Å².